The molecule has 3 aromatic carbocycles. The zero-order valence-electron chi connectivity index (χ0n) is 20.3. The van der Waals surface area contributed by atoms with Crippen LogP contribution in [0.3, 0.4) is 0 Å². The zero-order valence-corrected chi connectivity index (χ0v) is 21.9. The first-order chi connectivity index (χ1) is 17.2. The van der Waals surface area contributed by atoms with Crippen LogP contribution in [-0.2, 0) is 40.7 Å². The van der Waals surface area contributed by atoms with Crippen molar-refractivity contribution in [2.45, 2.75) is 30.8 Å². The first kappa shape index (κ1) is 25.9. The number of carbonyl (C=O) groups is 1. The highest BCUT2D eigenvalue weighted by atomic mass is 35.5. The average molecular weight is 525 g/mol. The Morgan fingerprint density at radius 3 is 2.56 bits per heavy atom. The lowest BCUT2D eigenvalue weighted by atomic mass is 9.98. The van der Waals surface area contributed by atoms with Gasteiger partial charge in [-0.1, -0.05) is 60.1 Å². The number of sulfonamides is 1. The predicted octanol–water partition coefficient (Wildman–Crippen LogP) is 4.36. The van der Waals surface area contributed by atoms with E-state index in [0.29, 0.717) is 29.2 Å². The van der Waals surface area contributed by atoms with Crippen LogP contribution in [0.4, 0.5) is 5.69 Å². The number of halogens is 1. The standard InChI is InChI=1S/C27H29ClN4O3S/c1-31(2)19-29-36(34,35)26-16-23(30-27(33)15-21-10-6-7-11-25(21)28)14-22-18-32(13-12-24(22)26)17-20-8-4-3-5-9-20/h3-11,14,16,19H,12-13,15,17-18H2,1-2H3,(H,30,33)/b29-19+. The van der Waals surface area contributed by atoms with Gasteiger partial charge in [-0.2, -0.15) is 8.42 Å². The summed E-state index contributed by atoms with van der Waals surface area (Å²) >= 11 is 6.21. The van der Waals surface area contributed by atoms with Gasteiger partial charge in [0.25, 0.3) is 10.0 Å². The van der Waals surface area contributed by atoms with E-state index in [-0.39, 0.29) is 17.2 Å². The van der Waals surface area contributed by atoms with Crippen molar-refractivity contribution >= 4 is 39.6 Å². The number of fused-ring (bicyclic) bond motifs is 1. The number of rotatable bonds is 8. The maximum atomic E-state index is 13.2. The minimum absolute atomic E-state index is 0.0811. The van der Waals surface area contributed by atoms with Crippen LogP contribution < -0.4 is 5.32 Å². The quantitative estimate of drug-likeness (QED) is 0.350. The van der Waals surface area contributed by atoms with Crippen molar-refractivity contribution in [3.8, 4) is 0 Å². The molecule has 36 heavy (non-hydrogen) atoms. The van der Waals surface area contributed by atoms with Crippen LogP contribution in [-0.4, -0.2) is 51.1 Å². The van der Waals surface area contributed by atoms with E-state index < -0.39 is 10.0 Å². The Morgan fingerprint density at radius 1 is 1.11 bits per heavy atom. The normalized spacial score (nSPS) is 14.0. The lowest BCUT2D eigenvalue weighted by Gasteiger charge is -2.30. The molecule has 0 saturated heterocycles. The van der Waals surface area contributed by atoms with E-state index in [1.807, 2.05) is 30.3 Å². The highest BCUT2D eigenvalue weighted by Gasteiger charge is 2.26. The second-order valence-electron chi connectivity index (χ2n) is 9.03. The van der Waals surface area contributed by atoms with Crippen molar-refractivity contribution < 1.29 is 13.2 Å². The van der Waals surface area contributed by atoms with Crippen molar-refractivity contribution in [1.29, 1.82) is 0 Å². The van der Waals surface area contributed by atoms with E-state index in [4.69, 9.17) is 11.6 Å². The van der Waals surface area contributed by atoms with Gasteiger partial charge in [0.1, 0.15) is 6.34 Å². The van der Waals surface area contributed by atoms with E-state index in [0.717, 1.165) is 24.2 Å². The number of hydrogen-bond donors (Lipinski definition) is 1. The molecule has 0 aromatic heterocycles. The van der Waals surface area contributed by atoms with Crippen LogP contribution in [0, 0.1) is 0 Å². The molecule has 0 fully saturated rings. The van der Waals surface area contributed by atoms with Gasteiger partial charge in [-0.3, -0.25) is 9.69 Å². The van der Waals surface area contributed by atoms with Crippen molar-refractivity contribution in [2.24, 2.45) is 4.40 Å². The first-order valence-electron chi connectivity index (χ1n) is 11.6. The van der Waals surface area contributed by atoms with Gasteiger partial charge in [0, 0.05) is 44.4 Å². The fraction of sp³-hybridized carbons (Fsp3) is 0.259. The second-order valence-corrected chi connectivity index (χ2v) is 11.0. The molecule has 0 saturated carbocycles. The molecule has 4 rings (SSSR count). The first-order valence-corrected chi connectivity index (χ1v) is 13.5. The van der Waals surface area contributed by atoms with E-state index in [9.17, 15) is 13.2 Å². The molecule has 0 aliphatic carbocycles. The van der Waals surface area contributed by atoms with Gasteiger partial charge in [0.05, 0.1) is 11.3 Å². The number of hydrogen-bond acceptors (Lipinski definition) is 4. The molecule has 1 heterocycles. The molecule has 3 aromatic rings. The van der Waals surface area contributed by atoms with Gasteiger partial charge in [0.15, 0.2) is 0 Å². The van der Waals surface area contributed by atoms with Crippen LogP contribution in [0.5, 0.6) is 0 Å². The Labute approximate surface area is 217 Å². The number of benzene rings is 3. The number of anilines is 1. The maximum Gasteiger partial charge on any atom is 0.284 e. The molecule has 0 unspecified atom stereocenters. The molecule has 0 atom stereocenters. The minimum Gasteiger partial charge on any atom is -0.368 e. The molecular formula is C27H29ClN4O3S. The fourth-order valence-electron chi connectivity index (χ4n) is 4.23. The Kier molecular flexibility index (Phi) is 8.08. The third-order valence-electron chi connectivity index (χ3n) is 5.91. The van der Waals surface area contributed by atoms with Crippen LogP contribution >= 0.6 is 11.6 Å². The summed E-state index contributed by atoms with van der Waals surface area (Å²) < 4.78 is 30.2. The number of nitrogens with one attached hydrogen (secondary N) is 1. The lowest BCUT2D eigenvalue weighted by Crippen LogP contribution is -2.31. The fourth-order valence-corrected chi connectivity index (χ4v) is 5.68. The smallest absolute Gasteiger partial charge is 0.284 e. The Hall–Kier alpha value is -3.20. The maximum absolute atomic E-state index is 13.2. The summed E-state index contributed by atoms with van der Waals surface area (Å²) in [6.07, 6.45) is 1.93. The number of amides is 1. The topological polar surface area (TPSA) is 82.1 Å². The van der Waals surface area contributed by atoms with Crippen molar-refractivity contribution in [1.82, 2.24) is 9.80 Å². The van der Waals surface area contributed by atoms with Crippen LogP contribution in [0.15, 0.2) is 76.0 Å². The SMILES string of the molecule is CN(C)/C=N/S(=O)(=O)c1cc(NC(=O)Cc2ccccc2Cl)cc2c1CCN(Cc1ccccc1)C2. The Morgan fingerprint density at radius 2 is 1.83 bits per heavy atom. The molecule has 1 aliphatic rings. The van der Waals surface area contributed by atoms with E-state index >= 15 is 0 Å². The van der Waals surface area contributed by atoms with Crippen molar-refractivity contribution in [2.75, 3.05) is 26.0 Å². The zero-order chi connectivity index (χ0) is 25.7. The summed E-state index contributed by atoms with van der Waals surface area (Å²) in [5.41, 5.74) is 3.93. The molecule has 7 nitrogen and oxygen atoms in total. The van der Waals surface area contributed by atoms with Gasteiger partial charge in [-0.25, -0.2) is 0 Å². The molecule has 0 radical (unpaired) electrons. The summed E-state index contributed by atoms with van der Waals surface area (Å²) in [7, 11) is -0.541. The molecule has 188 valence electrons. The summed E-state index contributed by atoms with van der Waals surface area (Å²) in [6.45, 7) is 2.04. The van der Waals surface area contributed by atoms with Crippen molar-refractivity contribution in [3.63, 3.8) is 0 Å². The second kappa shape index (κ2) is 11.2. The highest BCUT2D eigenvalue weighted by molar-refractivity contribution is 7.90. The lowest BCUT2D eigenvalue weighted by molar-refractivity contribution is -0.115. The van der Waals surface area contributed by atoms with Gasteiger partial charge in [-0.05, 0) is 46.9 Å². The molecule has 1 amide bonds. The minimum atomic E-state index is -3.96. The number of carbonyl (C=O) groups excluding carboxylic acids is 1. The van der Waals surface area contributed by atoms with Gasteiger partial charge < -0.3 is 10.2 Å². The molecule has 1 N–H and O–H groups in total. The molecular weight excluding hydrogens is 496 g/mol. The summed E-state index contributed by atoms with van der Waals surface area (Å²) in [5, 5.41) is 3.38. The largest absolute Gasteiger partial charge is 0.368 e. The summed E-state index contributed by atoms with van der Waals surface area (Å²) in [6, 6.07) is 20.7. The van der Waals surface area contributed by atoms with Crippen LogP contribution in [0.25, 0.3) is 0 Å². The van der Waals surface area contributed by atoms with Gasteiger partial charge in [0.2, 0.25) is 5.91 Å². The van der Waals surface area contributed by atoms with Crippen LogP contribution in [0.1, 0.15) is 22.3 Å². The van der Waals surface area contributed by atoms with Crippen molar-refractivity contribution in [3.05, 3.63) is 94.0 Å². The molecule has 9 heteroatoms. The molecule has 0 bridgehead atoms. The summed E-state index contributed by atoms with van der Waals surface area (Å²) in [4.78, 5) is 16.8. The third kappa shape index (κ3) is 6.51. The van der Waals surface area contributed by atoms with Gasteiger partial charge in [-0.15, -0.1) is 4.40 Å². The Bertz CT molecular complexity index is 1380. The molecule has 0 spiro atoms. The monoisotopic (exact) mass is 524 g/mol. The van der Waals surface area contributed by atoms with Crippen LogP contribution in [0.2, 0.25) is 5.02 Å². The van der Waals surface area contributed by atoms with E-state index in [2.05, 4.69) is 26.7 Å². The van der Waals surface area contributed by atoms with E-state index in [1.54, 1.807) is 37.2 Å². The number of nitrogens with zero attached hydrogens (tertiary/aromatic N) is 3. The van der Waals surface area contributed by atoms with Gasteiger partial charge >= 0.3 is 0 Å². The van der Waals surface area contributed by atoms with E-state index in [1.165, 1.54) is 18.0 Å². The molecule has 1 aliphatic heterocycles. The average Bonchev–Trinajstić information content (AvgIpc) is 2.84. The highest BCUT2D eigenvalue weighted by Crippen LogP contribution is 2.31. The predicted molar refractivity (Wildman–Crippen MR) is 144 cm³/mol. The Balaban J connectivity index is 1.65. The third-order valence-corrected chi connectivity index (χ3v) is 7.57. The summed E-state index contributed by atoms with van der Waals surface area (Å²) in [5.74, 6) is -0.278.